The van der Waals surface area contributed by atoms with Gasteiger partial charge < -0.3 is 14.8 Å². The molecule has 20 heavy (non-hydrogen) atoms. The molecule has 2 aromatic heterocycles. The van der Waals surface area contributed by atoms with Crippen molar-refractivity contribution in [3.05, 3.63) is 26.3 Å². The lowest BCUT2D eigenvalue weighted by molar-refractivity contribution is 0.0935. The Morgan fingerprint density at radius 1 is 1.35 bits per heavy atom. The normalized spacial score (nSPS) is 14.9. The summed E-state index contributed by atoms with van der Waals surface area (Å²) in [5, 5.41) is 7.63. The van der Waals surface area contributed by atoms with E-state index in [1.54, 1.807) is 11.3 Å². The number of aromatic nitrogens is 1. The number of nitrogens with zero attached hydrogens (tertiary/aromatic N) is 1. The van der Waals surface area contributed by atoms with E-state index in [0.29, 0.717) is 29.6 Å². The maximum atomic E-state index is 12.3. The Balaban J connectivity index is 1.75. The van der Waals surface area contributed by atoms with Crippen LogP contribution >= 0.6 is 22.7 Å². The van der Waals surface area contributed by atoms with Gasteiger partial charge in [-0.2, -0.15) is 0 Å². The number of ether oxygens (including phenoxy) is 2. The van der Waals surface area contributed by atoms with E-state index < -0.39 is 0 Å². The number of hydrogen-bond donors (Lipinski definition) is 1. The third kappa shape index (κ3) is 2.51. The maximum absolute atomic E-state index is 12.3. The topological polar surface area (TPSA) is 60.5 Å². The van der Waals surface area contributed by atoms with E-state index in [1.807, 2.05) is 24.6 Å². The van der Waals surface area contributed by atoms with Crippen molar-refractivity contribution in [1.29, 1.82) is 0 Å². The molecule has 0 aromatic carbocycles. The molecule has 3 rings (SSSR count). The van der Waals surface area contributed by atoms with Crippen molar-refractivity contribution in [1.82, 2.24) is 10.3 Å². The van der Waals surface area contributed by atoms with Crippen molar-refractivity contribution in [2.45, 2.75) is 19.9 Å². The van der Waals surface area contributed by atoms with Crippen molar-refractivity contribution >= 4 is 28.6 Å². The molecule has 0 spiro atoms. The Kier molecular flexibility index (Phi) is 3.62. The van der Waals surface area contributed by atoms with Crippen LogP contribution in [0.5, 0.6) is 11.5 Å². The van der Waals surface area contributed by atoms with E-state index in [9.17, 15) is 4.79 Å². The van der Waals surface area contributed by atoms with E-state index >= 15 is 0 Å². The van der Waals surface area contributed by atoms with E-state index in [2.05, 4.69) is 10.3 Å². The fraction of sp³-hybridized carbons (Fsp3) is 0.385. The smallest absolute Gasteiger partial charge is 0.265 e. The fourth-order valence-electron chi connectivity index (χ4n) is 1.91. The van der Waals surface area contributed by atoms with E-state index in [0.717, 1.165) is 10.7 Å². The van der Waals surface area contributed by atoms with Crippen LogP contribution in [0.15, 0.2) is 10.8 Å². The molecule has 1 aliphatic heterocycles. The zero-order valence-electron chi connectivity index (χ0n) is 11.1. The first kappa shape index (κ1) is 13.4. The summed E-state index contributed by atoms with van der Waals surface area (Å²) in [5.74, 6) is 1.06. The van der Waals surface area contributed by atoms with Crippen LogP contribution < -0.4 is 14.8 Å². The Bertz CT molecular complexity index is 635. The van der Waals surface area contributed by atoms with E-state index in [4.69, 9.17) is 9.47 Å². The lowest BCUT2D eigenvalue weighted by Crippen LogP contribution is -2.27. The fourth-order valence-corrected chi connectivity index (χ4v) is 3.55. The summed E-state index contributed by atoms with van der Waals surface area (Å²) in [6, 6.07) is -0.122. The summed E-state index contributed by atoms with van der Waals surface area (Å²) in [7, 11) is 0. The van der Waals surface area contributed by atoms with Gasteiger partial charge in [0.25, 0.3) is 5.91 Å². The highest BCUT2D eigenvalue weighted by molar-refractivity contribution is 7.12. The van der Waals surface area contributed by atoms with Gasteiger partial charge in [0.1, 0.15) is 23.1 Å². The van der Waals surface area contributed by atoms with Crippen LogP contribution in [-0.2, 0) is 0 Å². The van der Waals surface area contributed by atoms with Crippen LogP contribution in [0, 0.1) is 6.92 Å². The summed E-state index contributed by atoms with van der Waals surface area (Å²) in [4.78, 5) is 17.2. The van der Waals surface area contributed by atoms with Crippen molar-refractivity contribution in [2.75, 3.05) is 13.2 Å². The van der Waals surface area contributed by atoms with Crippen LogP contribution in [-0.4, -0.2) is 24.1 Å². The first-order valence-corrected chi connectivity index (χ1v) is 8.01. The largest absolute Gasteiger partial charge is 0.485 e. The summed E-state index contributed by atoms with van der Waals surface area (Å²) in [6.07, 6.45) is 0. The number of carbonyl (C=O) groups excluding carboxylic acids is 1. The van der Waals surface area contributed by atoms with Gasteiger partial charge in [0, 0.05) is 16.5 Å². The molecule has 0 fully saturated rings. The highest BCUT2D eigenvalue weighted by atomic mass is 32.1. The third-order valence-corrected chi connectivity index (χ3v) is 4.95. The first-order valence-electron chi connectivity index (χ1n) is 6.25. The van der Waals surface area contributed by atoms with Crippen molar-refractivity contribution in [3.63, 3.8) is 0 Å². The zero-order valence-corrected chi connectivity index (χ0v) is 12.8. The van der Waals surface area contributed by atoms with Gasteiger partial charge in [0.2, 0.25) is 0 Å². The minimum absolute atomic E-state index is 0.122. The van der Waals surface area contributed by atoms with Gasteiger partial charge in [-0.05, 0) is 13.8 Å². The first-order chi connectivity index (χ1) is 9.65. The summed E-state index contributed by atoms with van der Waals surface area (Å²) in [5.41, 5.74) is 0.969. The average Bonchev–Trinajstić information content (AvgIpc) is 3.04. The number of fused-ring (bicyclic) bond motifs is 1. The molecule has 0 bridgehead atoms. The Morgan fingerprint density at radius 2 is 2.15 bits per heavy atom. The second-order valence-corrected chi connectivity index (χ2v) is 6.25. The van der Waals surface area contributed by atoms with Crippen LogP contribution in [0.4, 0.5) is 0 Å². The third-order valence-electron chi connectivity index (χ3n) is 2.86. The van der Waals surface area contributed by atoms with Crippen LogP contribution in [0.3, 0.4) is 0 Å². The number of thiophene rings is 1. The van der Waals surface area contributed by atoms with Crippen molar-refractivity contribution in [2.24, 2.45) is 0 Å². The molecule has 7 heteroatoms. The molecule has 106 valence electrons. The number of nitrogens with one attached hydrogen (secondary N) is 1. The number of thiazole rings is 1. The molecule has 0 radical (unpaired) electrons. The Morgan fingerprint density at radius 3 is 2.90 bits per heavy atom. The highest BCUT2D eigenvalue weighted by Gasteiger charge is 2.24. The predicted molar refractivity (Wildman–Crippen MR) is 78.0 cm³/mol. The molecule has 5 nitrogen and oxygen atoms in total. The minimum Gasteiger partial charge on any atom is -0.485 e. The lowest BCUT2D eigenvalue weighted by atomic mass is 10.3. The van der Waals surface area contributed by atoms with Crippen molar-refractivity contribution in [3.8, 4) is 11.5 Å². The quantitative estimate of drug-likeness (QED) is 0.947. The van der Waals surface area contributed by atoms with Gasteiger partial charge in [0.05, 0.1) is 6.04 Å². The van der Waals surface area contributed by atoms with Gasteiger partial charge in [-0.1, -0.05) is 0 Å². The van der Waals surface area contributed by atoms with E-state index in [1.165, 1.54) is 11.3 Å². The summed E-state index contributed by atoms with van der Waals surface area (Å²) >= 11 is 2.88. The van der Waals surface area contributed by atoms with Gasteiger partial charge in [0.15, 0.2) is 11.5 Å². The lowest BCUT2D eigenvalue weighted by Gasteiger charge is -2.16. The number of rotatable bonds is 3. The number of aryl methyl sites for hydroxylation is 1. The molecule has 1 aliphatic rings. The SMILES string of the molecule is Cc1csc(C(C)NC(=O)c2scc3c2OCCO3)n1. The molecule has 2 aromatic rings. The second kappa shape index (κ2) is 5.41. The summed E-state index contributed by atoms with van der Waals surface area (Å²) in [6.45, 7) is 4.87. The van der Waals surface area contributed by atoms with Gasteiger partial charge in [-0.15, -0.1) is 22.7 Å². The van der Waals surface area contributed by atoms with E-state index in [-0.39, 0.29) is 11.9 Å². The van der Waals surface area contributed by atoms with Gasteiger partial charge in [-0.3, -0.25) is 4.79 Å². The standard InChI is InChI=1S/C13H14N2O3S2/c1-7-5-20-13(14-7)8(2)15-12(16)11-10-9(6-19-11)17-3-4-18-10/h5-6,8H,3-4H2,1-2H3,(H,15,16). The average molecular weight is 310 g/mol. The molecular formula is C13H14N2O3S2. The molecule has 0 saturated heterocycles. The molecule has 1 N–H and O–H groups in total. The van der Waals surface area contributed by atoms with Crippen LogP contribution in [0.25, 0.3) is 0 Å². The van der Waals surface area contributed by atoms with Gasteiger partial charge >= 0.3 is 0 Å². The Labute approximate surface area is 124 Å². The molecule has 1 atom stereocenters. The number of carbonyl (C=O) groups is 1. The maximum Gasteiger partial charge on any atom is 0.265 e. The monoisotopic (exact) mass is 310 g/mol. The highest BCUT2D eigenvalue weighted by Crippen LogP contribution is 2.39. The molecule has 0 aliphatic carbocycles. The van der Waals surface area contributed by atoms with Crippen LogP contribution in [0.2, 0.25) is 0 Å². The Hall–Kier alpha value is -1.60. The second-order valence-electron chi connectivity index (χ2n) is 4.48. The summed E-state index contributed by atoms with van der Waals surface area (Å²) < 4.78 is 11.0. The molecule has 1 amide bonds. The molecule has 0 saturated carbocycles. The number of amides is 1. The van der Waals surface area contributed by atoms with Crippen LogP contribution in [0.1, 0.15) is 33.3 Å². The number of hydrogen-bond acceptors (Lipinski definition) is 6. The van der Waals surface area contributed by atoms with Crippen molar-refractivity contribution < 1.29 is 14.3 Å². The molecular weight excluding hydrogens is 296 g/mol. The predicted octanol–water partition coefficient (Wildman–Crippen LogP) is 2.78. The van der Waals surface area contributed by atoms with Gasteiger partial charge in [-0.25, -0.2) is 4.98 Å². The minimum atomic E-state index is -0.151. The zero-order chi connectivity index (χ0) is 14.1. The molecule has 3 heterocycles. The molecule has 1 unspecified atom stereocenters.